The molecule has 0 saturated carbocycles. The highest BCUT2D eigenvalue weighted by Gasteiger charge is 2.20. The van der Waals surface area contributed by atoms with Crippen molar-refractivity contribution in [3.05, 3.63) is 29.8 Å². The molecule has 0 fully saturated rings. The number of Topliss-reactive ketones (excluding diaryl/α,β-unsaturated/α-hetero) is 1. The molecule has 3 heteroatoms. The summed E-state index contributed by atoms with van der Waals surface area (Å²) < 4.78 is 0. The van der Waals surface area contributed by atoms with Crippen LogP contribution in [0.25, 0.3) is 0 Å². The van der Waals surface area contributed by atoms with E-state index in [1.807, 2.05) is 31.2 Å². The summed E-state index contributed by atoms with van der Waals surface area (Å²) in [5.74, 6) is -0.240. The number of anilines is 1. The lowest BCUT2D eigenvalue weighted by atomic mass is 10.0. The maximum absolute atomic E-state index is 12.1. The molecule has 1 atom stereocenters. The van der Waals surface area contributed by atoms with Crippen molar-refractivity contribution in [3.8, 4) is 0 Å². The third kappa shape index (κ3) is 3.41. The summed E-state index contributed by atoms with van der Waals surface area (Å²) in [4.78, 5) is 24.7. The Bertz CT molecular complexity index is 426. The predicted octanol–water partition coefficient (Wildman–Crippen LogP) is 2.57. The van der Waals surface area contributed by atoms with Gasteiger partial charge in [0, 0.05) is 25.1 Å². The first kappa shape index (κ1) is 13.4. The molecule has 0 aliphatic heterocycles. The molecule has 92 valence electrons. The monoisotopic (exact) mass is 233 g/mol. The van der Waals surface area contributed by atoms with Gasteiger partial charge in [0.1, 0.15) is 5.78 Å². The number of hydrogen-bond donors (Lipinski definition) is 0. The van der Waals surface area contributed by atoms with E-state index in [0.29, 0.717) is 6.42 Å². The van der Waals surface area contributed by atoms with Crippen LogP contribution >= 0.6 is 0 Å². The zero-order valence-electron chi connectivity index (χ0n) is 10.9. The fourth-order valence-electron chi connectivity index (χ4n) is 1.91. The lowest BCUT2D eigenvalue weighted by Crippen LogP contribution is -2.32. The van der Waals surface area contributed by atoms with E-state index in [9.17, 15) is 9.59 Å². The van der Waals surface area contributed by atoms with Crippen LogP contribution in [0.4, 0.5) is 5.69 Å². The second kappa shape index (κ2) is 5.62. The molecule has 0 saturated heterocycles. The average Bonchev–Trinajstić information content (AvgIpc) is 2.27. The molecule has 0 bridgehead atoms. The number of para-hydroxylation sites is 1. The van der Waals surface area contributed by atoms with Crippen LogP contribution in [-0.4, -0.2) is 18.7 Å². The summed E-state index contributed by atoms with van der Waals surface area (Å²) in [7, 11) is 1.75. The molecule has 0 spiro atoms. The third-order valence-corrected chi connectivity index (χ3v) is 2.82. The summed E-state index contributed by atoms with van der Waals surface area (Å²) in [6.07, 6.45) is 0.301. The standard InChI is InChI=1S/C14H19NO2/c1-10-7-5-6-8-13(10)15(4)14(17)11(2)9-12(3)16/h5-8,11H,9H2,1-4H3. The number of hydrogen-bond acceptors (Lipinski definition) is 2. The first-order chi connectivity index (χ1) is 7.93. The summed E-state index contributed by atoms with van der Waals surface area (Å²) in [6.45, 7) is 5.27. The van der Waals surface area contributed by atoms with E-state index < -0.39 is 0 Å². The van der Waals surface area contributed by atoms with E-state index >= 15 is 0 Å². The smallest absolute Gasteiger partial charge is 0.230 e. The van der Waals surface area contributed by atoms with Crippen molar-refractivity contribution in [2.45, 2.75) is 27.2 Å². The van der Waals surface area contributed by atoms with Gasteiger partial charge in [-0.05, 0) is 25.5 Å². The zero-order valence-corrected chi connectivity index (χ0v) is 10.9. The van der Waals surface area contributed by atoms with Crippen molar-refractivity contribution in [1.29, 1.82) is 0 Å². The van der Waals surface area contributed by atoms with Gasteiger partial charge in [-0.3, -0.25) is 4.79 Å². The van der Waals surface area contributed by atoms with Crippen LogP contribution in [0, 0.1) is 12.8 Å². The molecule has 1 aromatic carbocycles. The number of ketones is 1. The van der Waals surface area contributed by atoms with Gasteiger partial charge in [-0.25, -0.2) is 0 Å². The number of carbonyl (C=O) groups is 2. The molecule has 0 radical (unpaired) electrons. The van der Waals surface area contributed by atoms with Gasteiger partial charge in [0.15, 0.2) is 0 Å². The molecule has 1 rings (SSSR count). The number of aryl methyl sites for hydroxylation is 1. The van der Waals surface area contributed by atoms with Gasteiger partial charge >= 0.3 is 0 Å². The van der Waals surface area contributed by atoms with Crippen LogP contribution in [0.3, 0.4) is 0 Å². The zero-order chi connectivity index (χ0) is 13.0. The second-order valence-electron chi connectivity index (χ2n) is 4.49. The number of amides is 1. The lowest BCUT2D eigenvalue weighted by molar-refractivity contribution is -0.126. The normalized spacial score (nSPS) is 12.0. The number of nitrogens with zero attached hydrogens (tertiary/aromatic N) is 1. The molecule has 3 nitrogen and oxygen atoms in total. The molecule has 17 heavy (non-hydrogen) atoms. The Balaban J connectivity index is 2.83. The van der Waals surface area contributed by atoms with Gasteiger partial charge in [-0.15, -0.1) is 0 Å². The van der Waals surface area contributed by atoms with Crippen LogP contribution in [0.15, 0.2) is 24.3 Å². The summed E-state index contributed by atoms with van der Waals surface area (Å²) >= 11 is 0. The SMILES string of the molecule is CC(=O)CC(C)C(=O)N(C)c1ccccc1C. The Morgan fingerprint density at radius 1 is 1.29 bits per heavy atom. The Hall–Kier alpha value is -1.64. The molecule has 1 unspecified atom stereocenters. The van der Waals surface area contributed by atoms with Gasteiger partial charge in [-0.1, -0.05) is 25.1 Å². The fourth-order valence-corrected chi connectivity index (χ4v) is 1.91. The summed E-state index contributed by atoms with van der Waals surface area (Å²) in [5.41, 5.74) is 1.95. The maximum Gasteiger partial charge on any atom is 0.230 e. The Morgan fingerprint density at radius 3 is 2.41 bits per heavy atom. The minimum atomic E-state index is -0.267. The summed E-state index contributed by atoms with van der Waals surface area (Å²) in [5, 5.41) is 0. The Kier molecular flexibility index (Phi) is 4.44. The molecule has 0 aromatic heterocycles. The third-order valence-electron chi connectivity index (χ3n) is 2.82. The predicted molar refractivity (Wildman–Crippen MR) is 69.1 cm³/mol. The minimum absolute atomic E-state index is 0.0190. The van der Waals surface area contributed by atoms with Crippen LogP contribution in [-0.2, 0) is 9.59 Å². The maximum atomic E-state index is 12.1. The molecule has 1 aromatic rings. The van der Waals surface area contributed by atoms with Gasteiger partial charge in [0.25, 0.3) is 0 Å². The average molecular weight is 233 g/mol. The second-order valence-corrected chi connectivity index (χ2v) is 4.49. The van der Waals surface area contributed by atoms with Crippen LogP contribution in [0.1, 0.15) is 25.8 Å². The van der Waals surface area contributed by atoms with E-state index in [0.717, 1.165) is 11.3 Å². The highest BCUT2D eigenvalue weighted by atomic mass is 16.2. The molecule has 0 N–H and O–H groups in total. The van der Waals surface area contributed by atoms with Crippen molar-refractivity contribution in [1.82, 2.24) is 0 Å². The van der Waals surface area contributed by atoms with Gasteiger partial charge in [0.05, 0.1) is 0 Å². The van der Waals surface area contributed by atoms with Crippen LogP contribution in [0.2, 0.25) is 0 Å². The largest absolute Gasteiger partial charge is 0.315 e. The van der Waals surface area contributed by atoms with Crippen molar-refractivity contribution in [3.63, 3.8) is 0 Å². The van der Waals surface area contributed by atoms with E-state index in [-0.39, 0.29) is 17.6 Å². The quantitative estimate of drug-likeness (QED) is 0.801. The molecule has 1 amide bonds. The summed E-state index contributed by atoms with van der Waals surface area (Å²) in [6, 6.07) is 7.72. The topological polar surface area (TPSA) is 37.4 Å². The molecule has 0 heterocycles. The highest BCUT2D eigenvalue weighted by Crippen LogP contribution is 2.20. The van der Waals surface area contributed by atoms with Gasteiger partial charge in [-0.2, -0.15) is 0 Å². The Morgan fingerprint density at radius 2 is 1.88 bits per heavy atom. The van der Waals surface area contributed by atoms with Crippen molar-refractivity contribution >= 4 is 17.4 Å². The number of benzene rings is 1. The van der Waals surface area contributed by atoms with Crippen molar-refractivity contribution in [2.24, 2.45) is 5.92 Å². The number of rotatable bonds is 4. The molecule has 0 aliphatic rings. The van der Waals surface area contributed by atoms with Crippen LogP contribution < -0.4 is 4.90 Å². The van der Waals surface area contributed by atoms with Crippen molar-refractivity contribution < 1.29 is 9.59 Å². The molecular weight excluding hydrogens is 214 g/mol. The van der Waals surface area contributed by atoms with E-state index in [1.165, 1.54) is 6.92 Å². The molecule has 0 aliphatic carbocycles. The van der Waals surface area contributed by atoms with Crippen molar-refractivity contribution in [2.75, 3.05) is 11.9 Å². The highest BCUT2D eigenvalue weighted by molar-refractivity contribution is 5.97. The molecular formula is C14H19NO2. The first-order valence-corrected chi connectivity index (χ1v) is 5.76. The minimum Gasteiger partial charge on any atom is -0.315 e. The lowest BCUT2D eigenvalue weighted by Gasteiger charge is -2.22. The van der Waals surface area contributed by atoms with Gasteiger partial charge in [0.2, 0.25) is 5.91 Å². The van der Waals surface area contributed by atoms with E-state index in [1.54, 1.807) is 18.9 Å². The first-order valence-electron chi connectivity index (χ1n) is 5.76. The van der Waals surface area contributed by atoms with E-state index in [2.05, 4.69) is 0 Å². The Labute approximate surface area is 102 Å². The van der Waals surface area contributed by atoms with Crippen LogP contribution in [0.5, 0.6) is 0 Å². The van der Waals surface area contributed by atoms with E-state index in [4.69, 9.17) is 0 Å². The van der Waals surface area contributed by atoms with Gasteiger partial charge < -0.3 is 9.69 Å². The number of carbonyl (C=O) groups excluding carboxylic acids is 2. The fraction of sp³-hybridized carbons (Fsp3) is 0.429.